The summed E-state index contributed by atoms with van der Waals surface area (Å²) in [4.78, 5) is 13.4. The maximum atomic E-state index is 4.64. The molecule has 1 fully saturated rings. The van der Waals surface area contributed by atoms with Crippen molar-refractivity contribution in [3.63, 3.8) is 0 Å². The minimum absolute atomic E-state index is 0.662. The first-order valence-corrected chi connectivity index (χ1v) is 9.03. The molecule has 5 heteroatoms. The van der Waals surface area contributed by atoms with E-state index in [9.17, 15) is 0 Å². The molecule has 1 aliphatic heterocycles. The average molecular weight is 345 g/mol. The van der Waals surface area contributed by atoms with Crippen molar-refractivity contribution in [1.82, 2.24) is 9.97 Å². The van der Waals surface area contributed by atoms with Gasteiger partial charge in [-0.3, -0.25) is 0 Å². The summed E-state index contributed by atoms with van der Waals surface area (Å²) in [5, 5.41) is 3.37. The zero-order valence-electron chi connectivity index (χ0n) is 15.0. The molecule has 1 aromatic heterocycles. The number of benzene rings is 2. The third kappa shape index (κ3) is 3.61. The van der Waals surface area contributed by atoms with Gasteiger partial charge in [-0.25, -0.2) is 4.98 Å². The molecule has 0 saturated carbocycles. The van der Waals surface area contributed by atoms with Gasteiger partial charge in [-0.2, -0.15) is 4.98 Å². The van der Waals surface area contributed by atoms with Crippen molar-refractivity contribution in [3.8, 4) is 0 Å². The van der Waals surface area contributed by atoms with Gasteiger partial charge >= 0.3 is 0 Å². The summed E-state index contributed by atoms with van der Waals surface area (Å²) in [7, 11) is 1.97. The number of nitrogens with one attached hydrogen (secondary N) is 1. The lowest BCUT2D eigenvalue weighted by molar-refractivity contribution is 0.949. The van der Waals surface area contributed by atoms with Crippen molar-refractivity contribution in [2.24, 2.45) is 0 Å². The molecule has 0 aliphatic carbocycles. The molecule has 4 rings (SSSR count). The van der Waals surface area contributed by atoms with Crippen LogP contribution >= 0.6 is 0 Å². The van der Waals surface area contributed by atoms with Crippen LogP contribution in [0.1, 0.15) is 12.8 Å². The Kier molecular flexibility index (Phi) is 4.69. The van der Waals surface area contributed by atoms with E-state index in [1.54, 1.807) is 6.20 Å². The predicted molar refractivity (Wildman–Crippen MR) is 108 cm³/mol. The predicted octanol–water partition coefficient (Wildman–Crippen LogP) is 4.59. The zero-order chi connectivity index (χ0) is 17.8. The fraction of sp³-hybridized carbons (Fsp3) is 0.238. The Hall–Kier alpha value is -3.08. The van der Waals surface area contributed by atoms with Crippen LogP contribution in [0.2, 0.25) is 0 Å². The van der Waals surface area contributed by atoms with Crippen molar-refractivity contribution in [3.05, 3.63) is 66.9 Å². The Labute approximate surface area is 154 Å². The second-order valence-corrected chi connectivity index (χ2v) is 6.50. The molecule has 2 aromatic carbocycles. The first-order chi connectivity index (χ1) is 12.8. The van der Waals surface area contributed by atoms with Gasteiger partial charge in [0.25, 0.3) is 0 Å². The molecule has 132 valence electrons. The van der Waals surface area contributed by atoms with Crippen molar-refractivity contribution in [2.75, 3.05) is 35.3 Å². The van der Waals surface area contributed by atoms with Gasteiger partial charge in [-0.05, 0) is 55.3 Å². The minimum atomic E-state index is 0.662. The molecule has 0 atom stereocenters. The molecule has 1 saturated heterocycles. The van der Waals surface area contributed by atoms with Gasteiger partial charge in [0.15, 0.2) is 0 Å². The molecule has 5 nitrogen and oxygen atoms in total. The number of nitrogens with zero attached hydrogens (tertiary/aromatic N) is 4. The third-order valence-corrected chi connectivity index (χ3v) is 4.70. The molecule has 0 amide bonds. The monoisotopic (exact) mass is 345 g/mol. The Bertz CT molecular complexity index is 842. The van der Waals surface area contributed by atoms with E-state index in [0.29, 0.717) is 5.95 Å². The van der Waals surface area contributed by atoms with E-state index < -0.39 is 0 Å². The van der Waals surface area contributed by atoms with Crippen molar-refractivity contribution < 1.29 is 0 Å². The van der Waals surface area contributed by atoms with Crippen LogP contribution in [0.4, 0.5) is 28.8 Å². The molecule has 0 radical (unpaired) electrons. The van der Waals surface area contributed by atoms with Crippen LogP contribution in [0, 0.1) is 0 Å². The summed E-state index contributed by atoms with van der Waals surface area (Å²) >= 11 is 0. The summed E-state index contributed by atoms with van der Waals surface area (Å²) in [5.41, 5.74) is 3.37. The van der Waals surface area contributed by atoms with Crippen LogP contribution in [0.15, 0.2) is 66.9 Å². The highest BCUT2D eigenvalue weighted by Crippen LogP contribution is 2.25. The highest BCUT2D eigenvalue weighted by Gasteiger charge is 2.12. The van der Waals surface area contributed by atoms with Crippen molar-refractivity contribution in [1.29, 1.82) is 0 Å². The topological polar surface area (TPSA) is 44.3 Å². The van der Waals surface area contributed by atoms with E-state index in [2.05, 4.69) is 44.5 Å². The maximum absolute atomic E-state index is 4.64. The number of para-hydroxylation sites is 1. The fourth-order valence-corrected chi connectivity index (χ4v) is 3.23. The molecular formula is C21H23N5. The first kappa shape index (κ1) is 16.4. The second-order valence-electron chi connectivity index (χ2n) is 6.50. The summed E-state index contributed by atoms with van der Waals surface area (Å²) in [6.45, 7) is 2.32. The highest BCUT2D eigenvalue weighted by atomic mass is 15.2. The largest absolute Gasteiger partial charge is 0.372 e. The van der Waals surface area contributed by atoms with Gasteiger partial charge in [0.2, 0.25) is 5.95 Å². The molecule has 1 N–H and O–H groups in total. The average Bonchev–Trinajstić information content (AvgIpc) is 3.24. The fourth-order valence-electron chi connectivity index (χ4n) is 3.23. The number of hydrogen-bond acceptors (Lipinski definition) is 5. The Morgan fingerprint density at radius 1 is 0.923 bits per heavy atom. The smallest absolute Gasteiger partial charge is 0.231 e. The van der Waals surface area contributed by atoms with E-state index >= 15 is 0 Å². The van der Waals surface area contributed by atoms with E-state index in [4.69, 9.17) is 0 Å². The number of aromatic nitrogens is 2. The lowest BCUT2D eigenvalue weighted by atomic mass is 10.2. The standard InChI is InChI=1S/C21H23N5/c1-25(18-7-3-2-4-8-18)21-22-14-13-20(24-21)23-17-9-11-19(12-10-17)26-15-5-6-16-26/h2-4,7-14H,5-6,15-16H2,1H3,(H,22,23,24). The summed E-state index contributed by atoms with van der Waals surface area (Å²) in [6.07, 6.45) is 4.36. The highest BCUT2D eigenvalue weighted by molar-refractivity contribution is 5.63. The molecule has 0 spiro atoms. The number of rotatable bonds is 5. The molecule has 3 aromatic rings. The van der Waals surface area contributed by atoms with Gasteiger partial charge < -0.3 is 15.1 Å². The Morgan fingerprint density at radius 3 is 2.38 bits per heavy atom. The minimum Gasteiger partial charge on any atom is -0.372 e. The summed E-state index contributed by atoms with van der Waals surface area (Å²) in [6, 6.07) is 20.6. The van der Waals surface area contributed by atoms with Gasteiger partial charge in [0.05, 0.1) is 0 Å². The Morgan fingerprint density at radius 2 is 1.65 bits per heavy atom. The van der Waals surface area contributed by atoms with E-state index in [-0.39, 0.29) is 0 Å². The third-order valence-electron chi connectivity index (χ3n) is 4.70. The normalized spacial score (nSPS) is 13.7. The van der Waals surface area contributed by atoms with Crippen LogP contribution in [0.3, 0.4) is 0 Å². The number of anilines is 5. The van der Waals surface area contributed by atoms with Crippen LogP contribution in [0.5, 0.6) is 0 Å². The number of hydrogen-bond donors (Lipinski definition) is 1. The lowest BCUT2D eigenvalue weighted by Gasteiger charge is -2.19. The Balaban J connectivity index is 1.48. The molecule has 2 heterocycles. The quantitative estimate of drug-likeness (QED) is 0.733. The summed E-state index contributed by atoms with van der Waals surface area (Å²) < 4.78 is 0. The van der Waals surface area contributed by atoms with Gasteiger partial charge in [0, 0.05) is 43.4 Å². The zero-order valence-corrected chi connectivity index (χ0v) is 15.0. The van der Waals surface area contributed by atoms with Gasteiger partial charge in [0.1, 0.15) is 5.82 Å². The molecule has 26 heavy (non-hydrogen) atoms. The van der Waals surface area contributed by atoms with Crippen molar-refractivity contribution in [2.45, 2.75) is 12.8 Å². The van der Waals surface area contributed by atoms with Gasteiger partial charge in [-0.15, -0.1) is 0 Å². The van der Waals surface area contributed by atoms with Crippen LogP contribution in [-0.4, -0.2) is 30.1 Å². The van der Waals surface area contributed by atoms with Crippen LogP contribution in [0.25, 0.3) is 0 Å². The maximum Gasteiger partial charge on any atom is 0.231 e. The van der Waals surface area contributed by atoms with E-state index in [1.165, 1.54) is 18.5 Å². The molecule has 1 aliphatic rings. The van der Waals surface area contributed by atoms with Crippen LogP contribution < -0.4 is 15.1 Å². The first-order valence-electron chi connectivity index (χ1n) is 9.03. The SMILES string of the molecule is CN(c1ccccc1)c1nccc(Nc2ccc(N3CCCC3)cc2)n1. The summed E-state index contributed by atoms with van der Waals surface area (Å²) in [5.74, 6) is 1.45. The van der Waals surface area contributed by atoms with E-state index in [1.807, 2.05) is 48.3 Å². The second kappa shape index (κ2) is 7.44. The van der Waals surface area contributed by atoms with Crippen molar-refractivity contribution >= 4 is 28.8 Å². The van der Waals surface area contributed by atoms with Gasteiger partial charge in [-0.1, -0.05) is 18.2 Å². The molecule has 0 bridgehead atoms. The molecular weight excluding hydrogens is 322 g/mol. The van der Waals surface area contributed by atoms with E-state index in [0.717, 1.165) is 30.3 Å². The lowest BCUT2D eigenvalue weighted by Crippen LogP contribution is -2.17. The van der Waals surface area contributed by atoms with Crippen LogP contribution in [-0.2, 0) is 0 Å². The molecule has 0 unspecified atom stereocenters.